The van der Waals surface area contributed by atoms with E-state index in [1.54, 1.807) is 0 Å². The molecule has 2 rings (SSSR count). The highest BCUT2D eigenvalue weighted by molar-refractivity contribution is 9.10. The molecule has 0 spiro atoms. The third-order valence-corrected chi connectivity index (χ3v) is 4.62. The predicted molar refractivity (Wildman–Crippen MR) is 91.6 cm³/mol. The third-order valence-electron chi connectivity index (χ3n) is 3.70. The molecule has 0 atom stereocenters. The van der Waals surface area contributed by atoms with Gasteiger partial charge in [-0.3, -0.25) is 4.90 Å². The summed E-state index contributed by atoms with van der Waals surface area (Å²) in [6.07, 6.45) is 4.40. The Kier molecular flexibility index (Phi) is 6.08. The van der Waals surface area contributed by atoms with E-state index < -0.39 is 0 Å². The van der Waals surface area contributed by atoms with Gasteiger partial charge in [-0.15, -0.1) is 0 Å². The van der Waals surface area contributed by atoms with Gasteiger partial charge in [0.15, 0.2) is 0 Å². The standard InChI is InChI=1S/C16H21BrClFN2/c1-11(2)3-6-21-7-4-13(5-8-21)20-16-14(17)9-12(19)10-15(16)18/h3,9-10,13,20H,4-8H2,1-2H3. The lowest BCUT2D eigenvalue weighted by atomic mass is 10.0. The number of hydrogen-bond donors (Lipinski definition) is 1. The number of likely N-dealkylation sites (tertiary alicyclic amines) is 1. The van der Waals surface area contributed by atoms with Crippen LogP contribution in [-0.4, -0.2) is 30.6 Å². The second-order valence-electron chi connectivity index (χ2n) is 5.75. The van der Waals surface area contributed by atoms with Gasteiger partial charge in [0.2, 0.25) is 0 Å². The second kappa shape index (κ2) is 7.61. The van der Waals surface area contributed by atoms with Crippen LogP contribution in [0.1, 0.15) is 26.7 Å². The molecule has 1 aromatic carbocycles. The first kappa shape index (κ1) is 16.8. The van der Waals surface area contributed by atoms with Crippen molar-refractivity contribution < 1.29 is 4.39 Å². The molecule has 1 fully saturated rings. The molecule has 1 aromatic rings. The molecule has 1 aliphatic rings. The monoisotopic (exact) mass is 374 g/mol. The van der Waals surface area contributed by atoms with Gasteiger partial charge in [0.05, 0.1) is 10.7 Å². The molecule has 116 valence electrons. The molecule has 0 aromatic heterocycles. The van der Waals surface area contributed by atoms with Crippen molar-refractivity contribution in [3.63, 3.8) is 0 Å². The third kappa shape index (κ3) is 4.97. The highest BCUT2D eigenvalue weighted by Gasteiger charge is 2.20. The normalized spacial score (nSPS) is 16.8. The van der Waals surface area contributed by atoms with Crippen LogP contribution < -0.4 is 5.32 Å². The Bertz CT molecular complexity index is 498. The molecule has 2 nitrogen and oxygen atoms in total. The second-order valence-corrected chi connectivity index (χ2v) is 7.01. The number of nitrogens with one attached hydrogen (secondary N) is 1. The van der Waals surface area contributed by atoms with Crippen molar-refractivity contribution >= 4 is 33.2 Å². The van der Waals surface area contributed by atoms with Gasteiger partial charge in [-0.25, -0.2) is 4.39 Å². The summed E-state index contributed by atoms with van der Waals surface area (Å²) in [6.45, 7) is 7.41. The van der Waals surface area contributed by atoms with E-state index >= 15 is 0 Å². The number of hydrogen-bond acceptors (Lipinski definition) is 2. The Balaban J connectivity index is 1.91. The van der Waals surface area contributed by atoms with Crippen LogP contribution in [-0.2, 0) is 0 Å². The summed E-state index contributed by atoms with van der Waals surface area (Å²) in [5.74, 6) is -0.325. The number of halogens is 3. The van der Waals surface area contributed by atoms with E-state index in [0.29, 0.717) is 15.5 Å². The SMILES string of the molecule is CC(C)=CCN1CCC(Nc2c(Cl)cc(F)cc2Br)CC1. The molecule has 1 N–H and O–H groups in total. The first-order valence-corrected chi connectivity index (χ1v) is 8.39. The van der Waals surface area contributed by atoms with Gasteiger partial charge < -0.3 is 5.32 Å². The lowest BCUT2D eigenvalue weighted by Crippen LogP contribution is -2.39. The molecule has 0 saturated carbocycles. The van der Waals surface area contributed by atoms with Crippen molar-refractivity contribution in [3.05, 3.63) is 39.1 Å². The molecular weight excluding hydrogens is 355 g/mol. The van der Waals surface area contributed by atoms with Crippen molar-refractivity contribution in [3.8, 4) is 0 Å². The lowest BCUT2D eigenvalue weighted by Gasteiger charge is -2.32. The minimum atomic E-state index is -0.325. The maximum absolute atomic E-state index is 13.2. The zero-order valence-electron chi connectivity index (χ0n) is 12.4. The van der Waals surface area contributed by atoms with Gasteiger partial charge >= 0.3 is 0 Å². The van der Waals surface area contributed by atoms with Gasteiger partial charge in [0.1, 0.15) is 5.82 Å². The van der Waals surface area contributed by atoms with Crippen LogP contribution in [0.25, 0.3) is 0 Å². The number of allylic oxidation sites excluding steroid dienone is 1. The topological polar surface area (TPSA) is 15.3 Å². The summed E-state index contributed by atoms with van der Waals surface area (Å²) in [5.41, 5.74) is 2.15. The highest BCUT2D eigenvalue weighted by atomic mass is 79.9. The average molecular weight is 376 g/mol. The Labute approximate surface area is 139 Å². The maximum Gasteiger partial charge on any atom is 0.125 e. The van der Waals surface area contributed by atoms with Gasteiger partial charge in [-0.05, 0) is 54.8 Å². The molecule has 1 aliphatic heterocycles. The zero-order valence-corrected chi connectivity index (χ0v) is 14.8. The van der Waals surface area contributed by atoms with Crippen LogP contribution >= 0.6 is 27.5 Å². The minimum absolute atomic E-state index is 0.325. The smallest absolute Gasteiger partial charge is 0.125 e. The summed E-state index contributed by atoms with van der Waals surface area (Å²) >= 11 is 9.49. The lowest BCUT2D eigenvalue weighted by molar-refractivity contribution is 0.240. The fourth-order valence-electron chi connectivity index (χ4n) is 2.46. The van der Waals surface area contributed by atoms with E-state index in [1.165, 1.54) is 17.7 Å². The van der Waals surface area contributed by atoms with Gasteiger partial charge in [0.25, 0.3) is 0 Å². The molecular formula is C16H21BrClFN2. The number of piperidine rings is 1. The van der Waals surface area contributed by atoms with E-state index in [4.69, 9.17) is 11.6 Å². The van der Waals surface area contributed by atoms with Crippen LogP contribution in [0.3, 0.4) is 0 Å². The van der Waals surface area contributed by atoms with Crippen molar-refractivity contribution in [2.24, 2.45) is 0 Å². The maximum atomic E-state index is 13.2. The van der Waals surface area contributed by atoms with E-state index in [9.17, 15) is 4.39 Å². The molecule has 0 aliphatic carbocycles. The Morgan fingerprint density at radius 2 is 2.10 bits per heavy atom. The van der Waals surface area contributed by atoms with E-state index in [1.807, 2.05) is 0 Å². The quantitative estimate of drug-likeness (QED) is 0.738. The number of benzene rings is 1. The molecule has 0 bridgehead atoms. The van der Waals surface area contributed by atoms with Gasteiger partial charge in [-0.2, -0.15) is 0 Å². The fraction of sp³-hybridized carbons (Fsp3) is 0.500. The van der Waals surface area contributed by atoms with Crippen molar-refractivity contribution in [1.29, 1.82) is 0 Å². The van der Waals surface area contributed by atoms with Gasteiger partial charge in [-0.1, -0.05) is 23.3 Å². The summed E-state index contributed by atoms with van der Waals surface area (Å²) in [4.78, 5) is 2.45. The van der Waals surface area contributed by atoms with Crippen LogP contribution in [0.4, 0.5) is 10.1 Å². The molecule has 0 unspecified atom stereocenters. The predicted octanol–water partition coefficient (Wildman–Crippen LogP) is 5.08. The molecule has 0 amide bonds. The minimum Gasteiger partial charge on any atom is -0.380 e. The van der Waals surface area contributed by atoms with E-state index in [0.717, 1.165) is 38.2 Å². The van der Waals surface area contributed by atoms with E-state index in [-0.39, 0.29) is 5.82 Å². The van der Waals surface area contributed by atoms with Gasteiger partial charge in [0, 0.05) is 30.1 Å². The number of rotatable bonds is 4. The van der Waals surface area contributed by atoms with Crippen LogP contribution in [0, 0.1) is 5.82 Å². The van der Waals surface area contributed by atoms with Crippen molar-refractivity contribution in [1.82, 2.24) is 4.90 Å². The zero-order chi connectivity index (χ0) is 15.4. The summed E-state index contributed by atoms with van der Waals surface area (Å²) < 4.78 is 13.9. The van der Waals surface area contributed by atoms with Crippen molar-refractivity contribution in [2.45, 2.75) is 32.7 Å². The summed E-state index contributed by atoms with van der Waals surface area (Å²) in [7, 11) is 0. The number of anilines is 1. The molecule has 21 heavy (non-hydrogen) atoms. The average Bonchev–Trinajstić information content (AvgIpc) is 2.41. The molecule has 5 heteroatoms. The first-order valence-electron chi connectivity index (χ1n) is 7.22. The Hall–Kier alpha value is -0.580. The largest absolute Gasteiger partial charge is 0.380 e. The van der Waals surface area contributed by atoms with Crippen LogP contribution in [0.2, 0.25) is 5.02 Å². The van der Waals surface area contributed by atoms with Crippen molar-refractivity contribution in [2.75, 3.05) is 25.0 Å². The Morgan fingerprint density at radius 3 is 2.67 bits per heavy atom. The number of nitrogens with zero attached hydrogens (tertiary/aromatic N) is 1. The van der Waals surface area contributed by atoms with Crippen LogP contribution in [0.5, 0.6) is 0 Å². The summed E-state index contributed by atoms with van der Waals surface area (Å²) in [6, 6.07) is 3.17. The first-order chi connectivity index (χ1) is 9.95. The molecule has 0 radical (unpaired) electrons. The Morgan fingerprint density at radius 1 is 1.43 bits per heavy atom. The summed E-state index contributed by atoms with van der Waals surface area (Å²) in [5, 5.41) is 3.87. The fourth-order valence-corrected chi connectivity index (χ4v) is 3.38. The highest BCUT2D eigenvalue weighted by Crippen LogP contribution is 2.33. The molecule has 1 saturated heterocycles. The molecule has 1 heterocycles. The van der Waals surface area contributed by atoms with Crippen LogP contribution in [0.15, 0.2) is 28.3 Å². The van der Waals surface area contributed by atoms with E-state index in [2.05, 4.69) is 46.1 Å².